The minimum absolute atomic E-state index is 0.0257. The van der Waals surface area contributed by atoms with Gasteiger partial charge in [0.2, 0.25) is 0 Å². The third-order valence-corrected chi connectivity index (χ3v) is 4.16. The highest BCUT2D eigenvalue weighted by Crippen LogP contribution is 2.23. The Morgan fingerprint density at radius 3 is 2.71 bits per heavy atom. The second kappa shape index (κ2) is 5.08. The van der Waals surface area contributed by atoms with Gasteiger partial charge in [0.1, 0.15) is 5.75 Å². The van der Waals surface area contributed by atoms with Crippen molar-refractivity contribution in [1.82, 2.24) is 4.90 Å². The Morgan fingerprint density at radius 1 is 1.41 bits per heavy atom. The molecule has 1 aliphatic heterocycles. The van der Waals surface area contributed by atoms with E-state index in [1.54, 1.807) is 25.1 Å². The molecule has 0 bridgehead atoms. The second-order valence-corrected chi connectivity index (χ2v) is 5.71. The number of aromatic hydroxyl groups is 1. The molecule has 1 aromatic carbocycles. The van der Waals surface area contributed by atoms with Crippen molar-refractivity contribution in [2.75, 3.05) is 13.1 Å². The zero-order valence-electron chi connectivity index (χ0n) is 9.82. The summed E-state index contributed by atoms with van der Waals surface area (Å²) >= 11 is 3.57. The predicted octanol–water partition coefficient (Wildman–Crippen LogP) is 2.70. The summed E-state index contributed by atoms with van der Waals surface area (Å²) in [6.45, 7) is 3.34. The van der Waals surface area contributed by atoms with Gasteiger partial charge in [0.25, 0.3) is 5.91 Å². The number of piperidine rings is 1. The highest BCUT2D eigenvalue weighted by atomic mass is 79.9. The molecule has 4 heteroatoms. The lowest BCUT2D eigenvalue weighted by atomic mass is 10.0. The Balaban J connectivity index is 2.17. The first-order valence-corrected chi connectivity index (χ1v) is 6.73. The lowest BCUT2D eigenvalue weighted by Gasteiger charge is -2.30. The van der Waals surface area contributed by atoms with E-state index in [9.17, 15) is 9.90 Å². The lowest BCUT2D eigenvalue weighted by molar-refractivity contribution is 0.0727. The number of alkyl halides is 1. The van der Waals surface area contributed by atoms with Gasteiger partial charge in [-0.2, -0.15) is 0 Å². The van der Waals surface area contributed by atoms with E-state index in [1.807, 2.05) is 4.90 Å². The zero-order valence-corrected chi connectivity index (χ0v) is 11.4. The number of amides is 1. The quantitative estimate of drug-likeness (QED) is 0.810. The van der Waals surface area contributed by atoms with Crippen molar-refractivity contribution in [2.45, 2.75) is 24.6 Å². The molecule has 0 unspecified atom stereocenters. The van der Waals surface area contributed by atoms with Gasteiger partial charge in [-0.1, -0.05) is 22.0 Å². The van der Waals surface area contributed by atoms with Crippen LogP contribution in [0.1, 0.15) is 28.8 Å². The summed E-state index contributed by atoms with van der Waals surface area (Å²) < 4.78 is 0. The molecular formula is C13H16BrNO2. The number of phenols is 1. The molecule has 0 spiro atoms. The second-order valence-electron chi connectivity index (χ2n) is 4.42. The molecule has 1 N–H and O–H groups in total. The molecule has 0 radical (unpaired) electrons. The normalized spacial score (nSPS) is 17.2. The number of carbonyl (C=O) groups excluding carboxylic acids is 1. The maximum atomic E-state index is 12.3. The highest BCUT2D eigenvalue weighted by Gasteiger charge is 2.23. The van der Waals surface area contributed by atoms with E-state index in [0.29, 0.717) is 16.0 Å². The van der Waals surface area contributed by atoms with E-state index in [1.165, 1.54) is 0 Å². The fourth-order valence-electron chi connectivity index (χ4n) is 2.08. The van der Waals surface area contributed by atoms with Crippen molar-refractivity contribution in [3.05, 3.63) is 29.3 Å². The van der Waals surface area contributed by atoms with Crippen LogP contribution < -0.4 is 0 Å². The standard InChI is InChI=1S/C13H16BrNO2/c1-9-11(3-2-4-12(9)16)13(17)15-7-5-10(14)6-8-15/h2-4,10,16H,5-8H2,1H3. The molecule has 1 heterocycles. The highest BCUT2D eigenvalue weighted by molar-refractivity contribution is 9.09. The van der Waals surface area contributed by atoms with E-state index in [4.69, 9.17) is 0 Å². The van der Waals surface area contributed by atoms with E-state index in [-0.39, 0.29) is 11.7 Å². The van der Waals surface area contributed by atoms with Gasteiger partial charge in [0.15, 0.2) is 0 Å². The molecule has 3 nitrogen and oxygen atoms in total. The molecule has 2 rings (SSSR count). The maximum Gasteiger partial charge on any atom is 0.254 e. The number of carbonyl (C=O) groups is 1. The molecule has 17 heavy (non-hydrogen) atoms. The van der Waals surface area contributed by atoms with Crippen LogP contribution in [-0.2, 0) is 0 Å². The van der Waals surface area contributed by atoms with Crippen LogP contribution in [0, 0.1) is 6.92 Å². The first-order chi connectivity index (χ1) is 8.09. The summed E-state index contributed by atoms with van der Waals surface area (Å²) in [5.41, 5.74) is 1.27. The Labute approximate surface area is 110 Å². The molecule has 1 fully saturated rings. The average molecular weight is 298 g/mol. The first-order valence-electron chi connectivity index (χ1n) is 5.81. The Hall–Kier alpha value is -1.03. The number of likely N-dealkylation sites (tertiary alicyclic amines) is 1. The van der Waals surface area contributed by atoms with Gasteiger partial charge >= 0.3 is 0 Å². The molecule has 0 atom stereocenters. The van der Waals surface area contributed by atoms with Gasteiger partial charge in [-0.15, -0.1) is 0 Å². The van der Waals surface area contributed by atoms with E-state index in [0.717, 1.165) is 25.9 Å². The molecule has 1 amide bonds. The number of phenolic OH excluding ortho intramolecular Hbond substituents is 1. The minimum Gasteiger partial charge on any atom is -0.508 e. The molecule has 0 aromatic heterocycles. The summed E-state index contributed by atoms with van der Waals surface area (Å²) in [6, 6.07) is 5.10. The molecule has 1 aliphatic rings. The van der Waals surface area contributed by atoms with Crippen LogP contribution in [-0.4, -0.2) is 33.8 Å². The summed E-state index contributed by atoms with van der Waals surface area (Å²) in [6.07, 6.45) is 1.98. The number of benzene rings is 1. The molecule has 1 saturated heterocycles. The van der Waals surface area contributed by atoms with Crippen LogP contribution in [0.2, 0.25) is 0 Å². The third-order valence-electron chi connectivity index (χ3n) is 3.25. The van der Waals surface area contributed by atoms with Crippen LogP contribution in [0.3, 0.4) is 0 Å². The van der Waals surface area contributed by atoms with Crippen LogP contribution in [0.4, 0.5) is 0 Å². The van der Waals surface area contributed by atoms with Crippen LogP contribution in [0.15, 0.2) is 18.2 Å². The molecule has 0 saturated carbocycles. The van der Waals surface area contributed by atoms with Crippen molar-refractivity contribution >= 4 is 21.8 Å². The average Bonchev–Trinajstić information content (AvgIpc) is 2.33. The van der Waals surface area contributed by atoms with Crippen LogP contribution >= 0.6 is 15.9 Å². The molecule has 1 aromatic rings. The van der Waals surface area contributed by atoms with Gasteiger partial charge in [0, 0.05) is 29.0 Å². The van der Waals surface area contributed by atoms with Crippen molar-refractivity contribution in [3.8, 4) is 5.75 Å². The topological polar surface area (TPSA) is 40.5 Å². The third kappa shape index (κ3) is 2.63. The lowest BCUT2D eigenvalue weighted by Crippen LogP contribution is -2.38. The Kier molecular flexibility index (Phi) is 3.72. The molecule has 0 aliphatic carbocycles. The Bertz CT molecular complexity index is 425. The van der Waals surface area contributed by atoms with Crippen molar-refractivity contribution in [2.24, 2.45) is 0 Å². The maximum absolute atomic E-state index is 12.3. The molecular weight excluding hydrogens is 282 g/mol. The van der Waals surface area contributed by atoms with Gasteiger partial charge in [-0.25, -0.2) is 0 Å². The molecule has 92 valence electrons. The largest absolute Gasteiger partial charge is 0.508 e. The smallest absolute Gasteiger partial charge is 0.254 e. The van der Waals surface area contributed by atoms with Gasteiger partial charge in [0.05, 0.1) is 0 Å². The Morgan fingerprint density at radius 2 is 2.06 bits per heavy atom. The minimum atomic E-state index is 0.0257. The first kappa shape index (κ1) is 12.4. The number of rotatable bonds is 1. The van der Waals surface area contributed by atoms with Crippen LogP contribution in [0.25, 0.3) is 0 Å². The predicted molar refractivity (Wildman–Crippen MR) is 70.7 cm³/mol. The summed E-state index contributed by atoms with van der Waals surface area (Å²) in [5, 5.41) is 9.61. The summed E-state index contributed by atoms with van der Waals surface area (Å²) in [7, 11) is 0. The van der Waals surface area contributed by atoms with Crippen molar-refractivity contribution in [1.29, 1.82) is 0 Å². The number of nitrogens with zero attached hydrogens (tertiary/aromatic N) is 1. The summed E-state index contributed by atoms with van der Waals surface area (Å²) in [5.74, 6) is 0.212. The van der Waals surface area contributed by atoms with E-state index < -0.39 is 0 Å². The monoisotopic (exact) mass is 297 g/mol. The van der Waals surface area contributed by atoms with Gasteiger partial charge in [-0.05, 0) is 31.9 Å². The SMILES string of the molecule is Cc1c(O)cccc1C(=O)N1CCC(Br)CC1. The number of halogens is 1. The van der Waals surface area contributed by atoms with Crippen LogP contribution in [0.5, 0.6) is 5.75 Å². The van der Waals surface area contributed by atoms with Gasteiger partial charge < -0.3 is 10.0 Å². The number of hydrogen-bond acceptors (Lipinski definition) is 2. The number of hydrogen-bond donors (Lipinski definition) is 1. The van der Waals surface area contributed by atoms with E-state index >= 15 is 0 Å². The fourth-order valence-corrected chi connectivity index (χ4v) is 2.49. The van der Waals surface area contributed by atoms with Crippen molar-refractivity contribution in [3.63, 3.8) is 0 Å². The summed E-state index contributed by atoms with van der Waals surface area (Å²) in [4.78, 5) is 14.7. The van der Waals surface area contributed by atoms with E-state index in [2.05, 4.69) is 15.9 Å². The van der Waals surface area contributed by atoms with Crippen molar-refractivity contribution < 1.29 is 9.90 Å². The van der Waals surface area contributed by atoms with Gasteiger partial charge in [-0.3, -0.25) is 4.79 Å². The zero-order chi connectivity index (χ0) is 12.4. The fraction of sp³-hybridized carbons (Fsp3) is 0.462.